The Hall–Kier alpha value is -0.870. The zero-order valence-electron chi connectivity index (χ0n) is 9.06. The number of nitrogens with zero attached hydrogens (tertiary/aromatic N) is 4. The van der Waals surface area contributed by atoms with Gasteiger partial charge in [-0.2, -0.15) is 0 Å². The first-order valence-electron chi connectivity index (χ1n) is 5.04. The summed E-state index contributed by atoms with van der Waals surface area (Å²) in [5.41, 5.74) is 1.36. The molecule has 1 atom stereocenters. The zero-order chi connectivity index (χ0) is 11.7. The molecule has 0 aromatic carbocycles. The molecule has 0 radical (unpaired) electrons. The van der Waals surface area contributed by atoms with E-state index in [-0.39, 0.29) is 6.04 Å². The van der Waals surface area contributed by atoms with E-state index in [0.717, 1.165) is 5.65 Å². The number of alkyl halides is 1. The summed E-state index contributed by atoms with van der Waals surface area (Å²) in [6.45, 7) is 4.23. The molecular formula is C10H12Cl2N4. The monoisotopic (exact) mass is 258 g/mol. The molecule has 0 amide bonds. The number of fused-ring (bicyclic) bond motifs is 1. The van der Waals surface area contributed by atoms with Gasteiger partial charge in [0.2, 0.25) is 0 Å². The Kier molecular flexibility index (Phi) is 3.30. The Morgan fingerprint density at radius 1 is 1.31 bits per heavy atom. The first-order chi connectivity index (χ1) is 7.65. The molecule has 0 bridgehead atoms. The lowest BCUT2D eigenvalue weighted by molar-refractivity contribution is 0.419. The minimum absolute atomic E-state index is 0.164. The van der Waals surface area contributed by atoms with E-state index in [4.69, 9.17) is 23.2 Å². The molecule has 2 rings (SSSR count). The molecule has 0 saturated heterocycles. The van der Waals surface area contributed by atoms with Crippen LogP contribution in [0.5, 0.6) is 0 Å². The number of rotatable bonds is 3. The molecule has 0 aliphatic heterocycles. The summed E-state index contributed by atoms with van der Waals surface area (Å²) in [7, 11) is 0. The highest BCUT2D eigenvalue weighted by molar-refractivity contribution is 6.33. The van der Waals surface area contributed by atoms with Gasteiger partial charge in [-0.1, -0.05) is 25.4 Å². The van der Waals surface area contributed by atoms with E-state index in [2.05, 4.69) is 28.8 Å². The van der Waals surface area contributed by atoms with Gasteiger partial charge in [0.15, 0.2) is 10.8 Å². The van der Waals surface area contributed by atoms with Crippen LogP contribution in [0.2, 0.25) is 5.15 Å². The van der Waals surface area contributed by atoms with E-state index in [1.54, 1.807) is 6.33 Å². The lowest BCUT2D eigenvalue weighted by atomic mass is 10.1. The SMILES string of the molecule is CC(C)C(CCl)n1cnc2c(Cl)ncnc21. The Morgan fingerprint density at radius 3 is 2.69 bits per heavy atom. The van der Waals surface area contributed by atoms with Crippen molar-refractivity contribution in [2.45, 2.75) is 19.9 Å². The molecule has 2 aromatic rings. The summed E-state index contributed by atoms with van der Waals surface area (Å²) in [5, 5.41) is 0.376. The maximum Gasteiger partial charge on any atom is 0.165 e. The summed E-state index contributed by atoms with van der Waals surface area (Å²) in [5.74, 6) is 0.925. The van der Waals surface area contributed by atoms with Crippen LogP contribution >= 0.6 is 23.2 Å². The molecule has 0 saturated carbocycles. The number of hydrogen-bond acceptors (Lipinski definition) is 3. The van der Waals surface area contributed by atoms with Crippen LogP contribution in [-0.4, -0.2) is 25.4 Å². The molecular weight excluding hydrogens is 247 g/mol. The predicted molar refractivity (Wildman–Crippen MR) is 64.9 cm³/mol. The van der Waals surface area contributed by atoms with Crippen molar-refractivity contribution in [3.8, 4) is 0 Å². The van der Waals surface area contributed by atoms with E-state index >= 15 is 0 Å². The smallest absolute Gasteiger partial charge is 0.165 e. The van der Waals surface area contributed by atoms with E-state index in [1.165, 1.54) is 6.33 Å². The van der Waals surface area contributed by atoms with Gasteiger partial charge in [0.1, 0.15) is 11.8 Å². The van der Waals surface area contributed by atoms with Crippen molar-refractivity contribution in [1.29, 1.82) is 0 Å². The topological polar surface area (TPSA) is 43.6 Å². The molecule has 0 spiro atoms. The number of hydrogen-bond donors (Lipinski definition) is 0. The van der Waals surface area contributed by atoms with Gasteiger partial charge in [-0.3, -0.25) is 0 Å². The van der Waals surface area contributed by atoms with E-state index in [1.807, 2.05) is 4.57 Å². The molecule has 0 N–H and O–H groups in total. The van der Waals surface area contributed by atoms with Crippen molar-refractivity contribution in [3.05, 3.63) is 17.8 Å². The first kappa shape index (κ1) is 11.6. The van der Waals surface area contributed by atoms with Gasteiger partial charge in [0, 0.05) is 5.88 Å². The van der Waals surface area contributed by atoms with Crippen LogP contribution in [0.4, 0.5) is 0 Å². The molecule has 86 valence electrons. The van der Waals surface area contributed by atoms with E-state index in [0.29, 0.717) is 22.5 Å². The fraction of sp³-hybridized carbons (Fsp3) is 0.500. The molecule has 16 heavy (non-hydrogen) atoms. The Labute approximate surface area is 104 Å². The Balaban J connectivity index is 2.57. The average molecular weight is 259 g/mol. The minimum atomic E-state index is 0.164. The summed E-state index contributed by atoms with van der Waals surface area (Å²) in [6.07, 6.45) is 3.16. The number of aromatic nitrogens is 4. The summed E-state index contributed by atoms with van der Waals surface area (Å²) >= 11 is 11.9. The molecule has 6 heteroatoms. The van der Waals surface area contributed by atoms with Crippen molar-refractivity contribution in [1.82, 2.24) is 19.5 Å². The second-order valence-electron chi connectivity index (χ2n) is 3.95. The molecule has 0 aliphatic rings. The Morgan fingerprint density at radius 2 is 2.06 bits per heavy atom. The van der Waals surface area contributed by atoms with Gasteiger partial charge < -0.3 is 4.57 Å². The quantitative estimate of drug-likeness (QED) is 0.628. The lowest BCUT2D eigenvalue weighted by Gasteiger charge is -2.19. The molecule has 1 unspecified atom stereocenters. The van der Waals surface area contributed by atoms with Crippen LogP contribution < -0.4 is 0 Å². The van der Waals surface area contributed by atoms with Crippen LogP contribution in [0.25, 0.3) is 11.2 Å². The fourth-order valence-corrected chi connectivity index (χ4v) is 2.32. The highest BCUT2D eigenvalue weighted by Crippen LogP contribution is 2.25. The van der Waals surface area contributed by atoms with Gasteiger partial charge in [-0.15, -0.1) is 11.6 Å². The number of halogens is 2. The van der Waals surface area contributed by atoms with Crippen LogP contribution in [0, 0.1) is 5.92 Å². The molecule has 0 aliphatic carbocycles. The highest BCUT2D eigenvalue weighted by Gasteiger charge is 2.18. The van der Waals surface area contributed by atoms with E-state index < -0.39 is 0 Å². The van der Waals surface area contributed by atoms with Crippen molar-refractivity contribution >= 4 is 34.4 Å². The maximum absolute atomic E-state index is 5.97. The average Bonchev–Trinajstić information content (AvgIpc) is 2.64. The lowest BCUT2D eigenvalue weighted by Crippen LogP contribution is -2.16. The Bertz CT molecular complexity index is 495. The third-order valence-corrected chi connectivity index (χ3v) is 3.19. The van der Waals surface area contributed by atoms with Crippen molar-refractivity contribution in [2.75, 3.05) is 5.88 Å². The van der Waals surface area contributed by atoms with Crippen molar-refractivity contribution in [3.63, 3.8) is 0 Å². The predicted octanol–water partition coefficient (Wildman–Crippen LogP) is 2.92. The van der Waals surface area contributed by atoms with Crippen LogP contribution in [-0.2, 0) is 0 Å². The number of imidazole rings is 1. The normalized spacial score (nSPS) is 13.6. The van der Waals surface area contributed by atoms with Crippen LogP contribution in [0.3, 0.4) is 0 Å². The zero-order valence-corrected chi connectivity index (χ0v) is 10.6. The second-order valence-corrected chi connectivity index (χ2v) is 4.62. The van der Waals surface area contributed by atoms with E-state index in [9.17, 15) is 0 Å². The van der Waals surface area contributed by atoms with Crippen LogP contribution in [0.1, 0.15) is 19.9 Å². The second kappa shape index (κ2) is 4.55. The van der Waals surface area contributed by atoms with Gasteiger partial charge >= 0.3 is 0 Å². The maximum atomic E-state index is 5.97. The highest BCUT2D eigenvalue weighted by atomic mass is 35.5. The molecule has 0 fully saturated rings. The summed E-state index contributed by atoms with van der Waals surface area (Å²) in [4.78, 5) is 12.3. The van der Waals surface area contributed by atoms with Gasteiger partial charge in [0.25, 0.3) is 0 Å². The van der Waals surface area contributed by atoms with Gasteiger partial charge in [0.05, 0.1) is 12.4 Å². The minimum Gasteiger partial charge on any atom is -0.311 e. The molecule has 2 heterocycles. The van der Waals surface area contributed by atoms with Gasteiger partial charge in [-0.05, 0) is 5.92 Å². The largest absolute Gasteiger partial charge is 0.311 e. The summed E-state index contributed by atoms with van der Waals surface area (Å²) < 4.78 is 1.96. The fourth-order valence-electron chi connectivity index (χ4n) is 1.64. The van der Waals surface area contributed by atoms with Crippen molar-refractivity contribution in [2.24, 2.45) is 5.92 Å². The molecule has 4 nitrogen and oxygen atoms in total. The molecule has 2 aromatic heterocycles. The van der Waals surface area contributed by atoms with Crippen LogP contribution in [0.15, 0.2) is 12.7 Å². The third-order valence-electron chi connectivity index (χ3n) is 2.60. The van der Waals surface area contributed by atoms with Gasteiger partial charge in [-0.25, -0.2) is 15.0 Å². The summed E-state index contributed by atoms with van der Waals surface area (Å²) in [6, 6.07) is 0.164. The van der Waals surface area contributed by atoms with Crippen molar-refractivity contribution < 1.29 is 0 Å². The third kappa shape index (κ3) is 1.87. The standard InChI is InChI=1S/C10H12Cl2N4/c1-6(2)7(3-11)16-5-15-8-9(12)13-4-14-10(8)16/h4-7H,3H2,1-2H3. The first-order valence-corrected chi connectivity index (χ1v) is 5.95.